The van der Waals surface area contributed by atoms with Crippen LogP contribution in [0, 0.1) is 5.82 Å². The molecule has 1 unspecified atom stereocenters. The predicted molar refractivity (Wildman–Crippen MR) is 136 cm³/mol. The summed E-state index contributed by atoms with van der Waals surface area (Å²) in [4.78, 5) is 12.0. The number of halogens is 1. The lowest BCUT2D eigenvalue weighted by atomic mass is 9.99. The molecule has 1 aliphatic heterocycles. The summed E-state index contributed by atoms with van der Waals surface area (Å²) in [5.41, 5.74) is 2.92. The summed E-state index contributed by atoms with van der Waals surface area (Å²) < 4.78 is 19.8. The van der Waals surface area contributed by atoms with Crippen LogP contribution in [0.2, 0.25) is 0 Å². The molecule has 6 heteroatoms. The van der Waals surface area contributed by atoms with Crippen LogP contribution in [-0.2, 0) is 4.74 Å². The van der Waals surface area contributed by atoms with Crippen molar-refractivity contribution in [2.45, 2.75) is 39.7 Å². The van der Waals surface area contributed by atoms with Crippen molar-refractivity contribution in [1.82, 2.24) is 14.7 Å². The van der Waals surface area contributed by atoms with E-state index < -0.39 is 0 Å². The number of aliphatic imine (C=N–C) groups is 1. The third-order valence-corrected chi connectivity index (χ3v) is 6.38. The summed E-state index contributed by atoms with van der Waals surface area (Å²) in [5, 5.41) is 1.52. The summed E-state index contributed by atoms with van der Waals surface area (Å²) in [6.07, 6.45) is 4.53. The minimum Gasteiger partial charge on any atom is -0.364 e. The number of nitrogens with zero attached hydrogens (tertiary/aromatic N) is 4. The maximum absolute atomic E-state index is 14.4. The highest BCUT2D eigenvalue weighted by Crippen LogP contribution is 2.25. The number of fused-ring (bicyclic) bond motifs is 1. The fourth-order valence-electron chi connectivity index (χ4n) is 4.62. The molecule has 0 bridgehead atoms. The van der Waals surface area contributed by atoms with Gasteiger partial charge in [0, 0.05) is 49.9 Å². The third kappa shape index (κ3) is 6.62. The second-order valence-electron chi connectivity index (χ2n) is 8.99. The van der Waals surface area contributed by atoms with E-state index in [9.17, 15) is 4.39 Å². The summed E-state index contributed by atoms with van der Waals surface area (Å²) in [5.74, 6) is -0.201. The Morgan fingerprint density at radius 1 is 1.12 bits per heavy atom. The van der Waals surface area contributed by atoms with Gasteiger partial charge in [0.1, 0.15) is 12.5 Å². The molecular formula is C27H39FN4O. The lowest BCUT2D eigenvalue weighted by Gasteiger charge is -2.31. The molecule has 1 heterocycles. The Morgan fingerprint density at radius 3 is 2.58 bits per heavy atom. The zero-order chi connectivity index (χ0) is 23.8. The maximum Gasteiger partial charge on any atom is 0.131 e. The lowest BCUT2D eigenvalue weighted by Crippen LogP contribution is -2.39. The molecule has 0 amide bonds. The molecule has 3 rings (SSSR count). The summed E-state index contributed by atoms with van der Waals surface area (Å²) in [7, 11) is 3.85. The molecule has 1 aliphatic rings. The van der Waals surface area contributed by atoms with Crippen molar-refractivity contribution < 1.29 is 9.13 Å². The lowest BCUT2D eigenvalue weighted by molar-refractivity contribution is 0.104. The fraction of sp³-hybridized carbons (Fsp3) is 0.519. The van der Waals surface area contributed by atoms with E-state index in [0.29, 0.717) is 24.7 Å². The van der Waals surface area contributed by atoms with E-state index >= 15 is 0 Å². The summed E-state index contributed by atoms with van der Waals surface area (Å²) in [6, 6.07) is 11.6. The standard InChI is InChI=1S/C27H39FN4O/c1-6-10-21(3)32(7-2)16-15-30(4)17-22-18-31(20-33-5)19-27(29-22)25-13-14-26(28)24-12-9-8-11-23(24)25/h8-9,11-14,18,21H,6-7,10,15-17,19-20H2,1-5H3. The molecule has 5 nitrogen and oxygen atoms in total. The Kier molecular flexibility index (Phi) is 9.41. The molecule has 0 radical (unpaired) electrons. The van der Waals surface area contributed by atoms with Crippen LogP contribution in [0.15, 0.2) is 53.3 Å². The van der Waals surface area contributed by atoms with Gasteiger partial charge in [0.2, 0.25) is 0 Å². The molecule has 0 saturated heterocycles. The normalized spacial score (nSPS) is 15.3. The minimum atomic E-state index is -0.201. The molecule has 33 heavy (non-hydrogen) atoms. The number of ether oxygens (including phenoxy) is 1. The second-order valence-corrected chi connectivity index (χ2v) is 8.99. The Labute approximate surface area is 198 Å². The average Bonchev–Trinajstić information content (AvgIpc) is 2.80. The van der Waals surface area contributed by atoms with Gasteiger partial charge in [-0.15, -0.1) is 0 Å². The zero-order valence-corrected chi connectivity index (χ0v) is 20.9. The Bertz CT molecular complexity index is 974. The average molecular weight is 455 g/mol. The number of hydrogen-bond acceptors (Lipinski definition) is 5. The van der Waals surface area contributed by atoms with E-state index in [0.717, 1.165) is 48.5 Å². The molecule has 0 spiro atoms. The zero-order valence-electron chi connectivity index (χ0n) is 20.9. The summed E-state index contributed by atoms with van der Waals surface area (Å²) >= 11 is 0. The van der Waals surface area contributed by atoms with E-state index in [2.05, 4.69) is 48.7 Å². The number of benzene rings is 2. The van der Waals surface area contributed by atoms with Crippen LogP contribution >= 0.6 is 0 Å². The quantitative estimate of drug-likeness (QED) is 0.453. The van der Waals surface area contributed by atoms with Crippen LogP contribution < -0.4 is 0 Å². The van der Waals surface area contributed by atoms with E-state index in [-0.39, 0.29) is 5.82 Å². The van der Waals surface area contributed by atoms with Gasteiger partial charge in [0.25, 0.3) is 0 Å². The van der Waals surface area contributed by atoms with Crippen LogP contribution in [0.4, 0.5) is 4.39 Å². The first-order chi connectivity index (χ1) is 16.0. The summed E-state index contributed by atoms with van der Waals surface area (Å²) in [6.45, 7) is 11.8. The molecular weight excluding hydrogens is 415 g/mol. The molecule has 2 aromatic rings. The Hall–Kier alpha value is -2.28. The van der Waals surface area contributed by atoms with Gasteiger partial charge in [-0.3, -0.25) is 14.8 Å². The Morgan fingerprint density at radius 2 is 1.88 bits per heavy atom. The van der Waals surface area contributed by atoms with E-state index in [1.165, 1.54) is 12.8 Å². The van der Waals surface area contributed by atoms with Crippen molar-refractivity contribution in [3.05, 3.63) is 59.7 Å². The van der Waals surface area contributed by atoms with Gasteiger partial charge in [-0.25, -0.2) is 4.39 Å². The van der Waals surface area contributed by atoms with Crippen LogP contribution in [0.5, 0.6) is 0 Å². The van der Waals surface area contributed by atoms with Crippen molar-refractivity contribution in [1.29, 1.82) is 0 Å². The van der Waals surface area contributed by atoms with Crippen LogP contribution in [-0.4, -0.2) is 80.1 Å². The van der Waals surface area contributed by atoms with Crippen LogP contribution in [0.1, 0.15) is 39.2 Å². The van der Waals surface area contributed by atoms with E-state index in [4.69, 9.17) is 9.73 Å². The highest BCUT2D eigenvalue weighted by molar-refractivity contribution is 6.12. The van der Waals surface area contributed by atoms with Crippen molar-refractivity contribution in [2.24, 2.45) is 4.99 Å². The fourth-order valence-corrected chi connectivity index (χ4v) is 4.62. The molecule has 1 atom stereocenters. The van der Waals surface area contributed by atoms with Gasteiger partial charge in [-0.05, 0) is 44.5 Å². The molecule has 180 valence electrons. The molecule has 0 aliphatic carbocycles. The number of rotatable bonds is 12. The van der Waals surface area contributed by atoms with Crippen molar-refractivity contribution in [2.75, 3.05) is 53.6 Å². The van der Waals surface area contributed by atoms with Crippen molar-refractivity contribution >= 4 is 16.5 Å². The molecule has 0 N–H and O–H groups in total. The van der Waals surface area contributed by atoms with Crippen molar-refractivity contribution in [3.63, 3.8) is 0 Å². The first-order valence-electron chi connectivity index (χ1n) is 12.1. The molecule has 0 aromatic heterocycles. The van der Waals surface area contributed by atoms with Crippen molar-refractivity contribution in [3.8, 4) is 0 Å². The van der Waals surface area contributed by atoms with Gasteiger partial charge in [-0.1, -0.05) is 44.5 Å². The predicted octanol–water partition coefficient (Wildman–Crippen LogP) is 4.97. The second kappa shape index (κ2) is 12.3. The van der Waals surface area contributed by atoms with E-state index in [1.807, 2.05) is 30.3 Å². The Balaban J connectivity index is 1.78. The maximum atomic E-state index is 14.4. The van der Waals surface area contributed by atoms with E-state index in [1.54, 1.807) is 13.2 Å². The van der Waals surface area contributed by atoms with Crippen LogP contribution in [0.25, 0.3) is 10.8 Å². The SMILES string of the molecule is CCCC(C)N(CC)CCN(C)CC1=CN(COC)CC(c2ccc(F)c3ccccc23)=N1. The van der Waals surface area contributed by atoms with Gasteiger partial charge in [0.15, 0.2) is 0 Å². The number of hydrogen-bond donors (Lipinski definition) is 0. The molecule has 0 saturated carbocycles. The highest BCUT2D eigenvalue weighted by atomic mass is 19.1. The molecule has 2 aromatic carbocycles. The monoisotopic (exact) mass is 454 g/mol. The first-order valence-corrected chi connectivity index (χ1v) is 12.1. The highest BCUT2D eigenvalue weighted by Gasteiger charge is 2.19. The third-order valence-electron chi connectivity index (χ3n) is 6.38. The number of methoxy groups -OCH3 is 1. The molecule has 0 fully saturated rings. The van der Waals surface area contributed by atoms with Gasteiger partial charge < -0.3 is 9.64 Å². The first kappa shape index (κ1) is 25.3. The van der Waals surface area contributed by atoms with Crippen LogP contribution in [0.3, 0.4) is 0 Å². The smallest absolute Gasteiger partial charge is 0.131 e. The van der Waals surface area contributed by atoms with Gasteiger partial charge in [-0.2, -0.15) is 0 Å². The number of likely N-dealkylation sites (N-methyl/N-ethyl adjacent to an activating group) is 2. The topological polar surface area (TPSA) is 31.3 Å². The van der Waals surface area contributed by atoms with Gasteiger partial charge >= 0.3 is 0 Å². The van der Waals surface area contributed by atoms with Gasteiger partial charge in [0.05, 0.1) is 18.0 Å². The largest absolute Gasteiger partial charge is 0.364 e. The minimum absolute atomic E-state index is 0.201.